The second-order valence-electron chi connectivity index (χ2n) is 9.29. The second kappa shape index (κ2) is 11.9. The van der Waals surface area contributed by atoms with E-state index in [1.54, 1.807) is 49.4 Å². The number of esters is 1. The number of carbonyl (C=O) groups excluding carboxylic acids is 2. The fraction of sp³-hybridized carbons (Fsp3) is 0.321. The molecule has 2 atom stereocenters. The monoisotopic (exact) mass is 568 g/mol. The highest BCUT2D eigenvalue weighted by Crippen LogP contribution is 2.32. The number of amidine groups is 1. The number of rotatable bonds is 11. The first-order valence-electron chi connectivity index (χ1n) is 12.7. The van der Waals surface area contributed by atoms with Crippen LogP contribution >= 0.6 is 0 Å². The van der Waals surface area contributed by atoms with Crippen molar-refractivity contribution in [2.45, 2.75) is 36.7 Å². The number of hydrogen-bond acceptors (Lipinski definition) is 8. The summed E-state index contributed by atoms with van der Waals surface area (Å²) in [6.45, 7) is 1.97. The third kappa shape index (κ3) is 6.02. The minimum absolute atomic E-state index is 0.0548. The lowest BCUT2D eigenvalue weighted by Crippen LogP contribution is -2.48. The summed E-state index contributed by atoms with van der Waals surface area (Å²) in [5.41, 5.74) is 6.79. The van der Waals surface area contributed by atoms with E-state index in [0.717, 1.165) is 5.56 Å². The summed E-state index contributed by atoms with van der Waals surface area (Å²) in [5.74, 6) is -0.234. The van der Waals surface area contributed by atoms with E-state index < -0.39 is 34.0 Å². The highest BCUT2D eigenvalue weighted by Gasteiger charge is 2.41. The third-order valence-electron chi connectivity index (χ3n) is 6.79. The minimum atomic E-state index is -4.12. The van der Waals surface area contributed by atoms with Gasteiger partial charge in [-0.25, -0.2) is 13.2 Å². The van der Waals surface area contributed by atoms with Crippen LogP contribution in [0.25, 0.3) is 10.8 Å². The van der Waals surface area contributed by atoms with Crippen molar-refractivity contribution >= 4 is 38.5 Å². The predicted octanol–water partition coefficient (Wildman–Crippen LogP) is 2.19. The zero-order chi connectivity index (χ0) is 29.0. The summed E-state index contributed by atoms with van der Waals surface area (Å²) in [4.78, 5) is 27.6. The van der Waals surface area contributed by atoms with Gasteiger partial charge in [0.1, 0.15) is 29.4 Å². The molecular formula is C28H32N4O7S. The molecule has 212 valence electrons. The van der Waals surface area contributed by atoms with Crippen molar-refractivity contribution in [1.29, 1.82) is 5.41 Å². The molecule has 4 rings (SSSR count). The number of likely N-dealkylation sites (tertiary alicyclic amines) is 1. The van der Waals surface area contributed by atoms with Crippen molar-refractivity contribution < 1.29 is 32.2 Å². The van der Waals surface area contributed by atoms with Crippen molar-refractivity contribution in [2.75, 3.05) is 27.4 Å². The van der Waals surface area contributed by atoms with E-state index in [-0.39, 0.29) is 36.7 Å². The minimum Gasteiger partial charge on any atom is -0.497 e. The molecule has 40 heavy (non-hydrogen) atoms. The summed E-state index contributed by atoms with van der Waals surface area (Å²) < 4.78 is 45.2. The maximum absolute atomic E-state index is 13.4. The van der Waals surface area contributed by atoms with Gasteiger partial charge >= 0.3 is 5.97 Å². The summed E-state index contributed by atoms with van der Waals surface area (Å²) in [6.07, 6.45) is 0.340. The second-order valence-corrected chi connectivity index (χ2v) is 11.0. The fourth-order valence-corrected chi connectivity index (χ4v) is 5.98. The molecule has 0 aliphatic carbocycles. The molecule has 11 nitrogen and oxygen atoms in total. The zero-order valence-corrected chi connectivity index (χ0v) is 23.3. The third-order valence-corrected chi connectivity index (χ3v) is 8.24. The van der Waals surface area contributed by atoms with Gasteiger partial charge in [-0.2, -0.15) is 4.72 Å². The number of fused-ring (bicyclic) bond motifs is 1. The van der Waals surface area contributed by atoms with E-state index in [4.69, 9.17) is 25.4 Å². The van der Waals surface area contributed by atoms with E-state index in [9.17, 15) is 18.0 Å². The van der Waals surface area contributed by atoms with Crippen LogP contribution in [-0.4, -0.2) is 70.5 Å². The normalized spacial score (nSPS) is 16.1. The number of carbonyl (C=O) groups is 2. The molecule has 1 fully saturated rings. The molecule has 12 heteroatoms. The molecule has 3 aromatic carbocycles. The Morgan fingerprint density at radius 1 is 1.12 bits per heavy atom. The van der Waals surface area contributed by atoms with Crippen molar-refractivity contribution in [3.63, 3.8) is 0 Å². The van der Waals surface area contributed by atoms with Gasteiger partial charge in [0.15, 0.2) is 0 Å². The van der Waals surface area contributed by atoms with Crippen LogP contribution in [0.1, 0.15) is 24.5 Å². The molecule has 4 N–H and O–H groups in total. The number of sulfonamides is 1. The zero-order valence-electron chi connectivity index (χ0n) is 22.5. The van der Waals surface area contributed by atoms with E-state index in [2.05, 4.69) is 4.72 Å². The lowest BCUT2D eigenvalue weighted by molar-refractivity contribution is -0.153. The quantitative estimate of drug-likeness (QED) is 0.180. The van der Waals surface area contributed by atoms with Gasteiger partial charge in [0.25, 0.3) is 0 Å². The molecule has 0 bridgehead atoms. The van der Waals surface area contributed by atoms with Crippen molar-refractivity contribution in [2.24, 2.45) is 5.73 Å². The number of nitrogens with two attached hydrogens (primary N) is 1. The van der Waals surface area contributed by atoms with Gasteiger partial charge in [0, 0.05) is 30.0 Å². The van der Waals surface area contributed by atoms with Crippen LogP contribution in [0, 0.1) is 5.41 Å². The number of ether oxygens (including phenoxy) is 3. The Hall–Kier alpha value is -4.16. The Morgan fingerprint density at radius 2 is 1.85 bits per heavy atom. The van der Waals surface area contributed by atoms with Gasteiger partial charge in [-0.05, 0) is 42.5 Å². The molecule has 0 radical (unpaired) electrons. The van der Waals surface area contributed by atoms with E-state index >= 15 is 0 Å². The molecule has 1 amide bonds. The number of amides is 1. The lowest BCUT2D eigenvalue weighted by Gasteiger charge is -2.26. The van der Waals surface area contributed by atoms with Gasteiger partial charge in [0.2, 0.25) is 15.9 Å². The Kier molecular flexibility index (Phi) is 8.60. The van der Waals surface area contributed by atoms with Crippen LogP contribution in [0.4, 0.5) is 0 Å². The van der Waals surface area contributed by atoms with Crippen molar-refractivity contribution in [1.82, 2.24) is 9.62 Å². The Labute approximate surface area is 232 Å². The number of nitrogens with zero attached hydrogens (tertiary/aromatic N) is 1. The predicted molar refractivity (Wildman–Crippen MR) is 149 cm³/mol. The average molecular weight is 569 g/mol. The number of nitrogens with one attached hydrogen (secondary N) is 2. The molecule has 1 aliphatic rings. The first-order chi connectivity index (χ1) is 19.1. The number of benzene rings is 3. The van der Waals surface area contributed by atoms with E-state index in [1.165, 1.54) is 31.3 Å². The van der Waals surface area contributed by atoms with Gasteiger partial charge in [-0.15, -0.1) is 0 Å². The summed E-state index contributed by atoms with van der Waals surface area (Å²) in [7, 11) is -1.14. The van der Waals surface area contributed by atoms with Crippen LogP contribution in [-0.2, 0) is 30.8 Å². The van der Waals surface area contributed by atoms with E-state index in [0.29, 0.717) is 27.8 Å². The number of methoxy groups -OCH3 is 2. The molecule has 3 aromatic rings. The maximum atomic E-state index is 13.4. The molecule has 1 aliphatic heterocycles. The standard InChI is InChI=1S/C28H32N4O7S/c1-4-39-28(34)24(13-17-5-7-18(8-6-17)26(29)30)32-12-11-23(27(32)33)31-40(35,36)21-14-19-9-10-20(37-2)15-22(19)25(16-21)38-3/h5-10,14-16,23-24,31H,4,11-13H2,1-3H3,(H3,29,30). The highest BCUT2D eigenvalue weighted by molar-refractivity contribution is 7.89. The lowest BCUT2D eigenvalue weighted by atomic mass is 10.0. The number of nitrogen functional groups attached to an aromatic ring is 1. The van der Waals surface area contributed by atoms with Gasteiger partial charge in [-0.1, -0.05) is 30.3 Å². The maximum Gasteiger partial charge on any atom is 0.329 e. The smallest absolute Gasteiger partial charge is 0.329 e. The van der Waals surface area contributed by atoms with Crippen LogP contribution in [0.15, 0.2) is 59.5 Å². The molecule has 2 unspecified atom stereocenters. The van der Waals surface area contributed by atoms with Gasteiger partial charge < -0.3 is 24.8 Å². The molecule has 0 saturated carbocycles. The Morgan fingerprint density at radius 3 is 2.48 bits per heavy atom. The van der Waals surface area contributed by atoms with Gasteiger partial charge in [0.05, 0.1) is 25.7 Å². The van der Waals surface area contributed by atoms with Gasteiger partial charge in [-0.3, -0.25) is 10.2 Å². The Balaban J connectivity index is 1.56. The number of hydrogen-bond donors (Lipinski definition) is 3. The average Bonchev–Trinajstić information content (AvgIpc) is 3.29. The first-order valence-corrected chi connectivity index (χ1v) is 14.1. The van der Waals surface area contributed by atoms with Crippen LogP contribution in [0.3, 0.4) is 0 Å². The molecule has 1 heterocycles. The summed E-state index contributed by atoms with van der Waals surface area (Å²) >= 11 is 0. The SMILES string of the molecule is CCOC(=O)C(Cc1ccc(C(=N)N)cc1)N1CCC(NS(=O)(=O)c2cc(OC)c3cc(OC)ccc3c2)C1=O. The fourth-order valence-electron chi connectivity index (χ4n) is 4.71. The summed E-state index contributed by atoms with van der Waals surface area (Å²) in [6, 6.07) is 12.9. The Bertz CT molecular complexity index is 1540. The van der Waals surface area contributed by atoms with Crippen LogP contribution < -0.4 is 19.9 Å². The van der Waals surface area contributed by atoms with Crippen LogP contribution in [0.2, 0.25) is 0 Å². The summed E-state index contributed by atoms with van der Waals surface area (Å²) in [5, 5.41) is 8.85. The topological polar surface area (TPSA) is 161 Å². The van der Waals surface area contributed by atoms with Crippen LogP contribution in [0.5, 0.6) is 11.5 Å². The largest absolute Gasteiger partial charge is 0.497 e. The first kappa shape index (κ1) is 28.8. The van der Waals surface area contributed by atoms with E-state index in [1.807, 2.05) is 0 Å². The molecule has 0 spiro atoms. The molecule has 0 aromatic heterocycles. The van der Waals surface area contributed by atoms with Crippen molar-refractivity contribution in [3.8, 4) is 11.5 Å². The van der Waals surface area contributed by atoms with Crippen molar-refractivity contribution in [3.05, 3.63) is 65.7 Å². The molecule has 1 saturated heterocycles. The highest BCUT2D eigenvalue weighted by atomic mass is 32.2. The molecular weight excluding hydrogens is 536 g/mol.